The molecule has 1 aromatic rings. The van der Waals surface area contributed by atoms with E-state index in [2.05, 4.69) is 0 Å². The molecule has 0 atom stereocenters. The number of carbonyl (C=O) groups excluding carboxylic acids is 2. The summed E-state index contributed by atoms with van der Waals surface area (Å²) in [6, 6.07) is 4.91. The van der Waals surface area contributed by atoms with E-state index in [9.17, 15) is 22.4 Å². The maximum absolute atomic E-state index is 13.0. The van der Waals surface area contributed by atoms with E-state index in [1.165, 1.54) is 17.0 Å². The van der Waals surface area contributed by atoms with Gasteiger partial charge in [-0.1, -0.05) is 0 Å². The molecular formula is C14H18FN3O4S. The van der Waals surface area contributed by atoms with Crippen molar-refractivity contribution in [3.63, 3.8) is 0 Å². The smallest absolute Gasteiger partial charge is 0.243 e. The SMILES string of the molecule is CS(=O)(=O)N(CC(=O)N1CCN(C=O)CC1)c1ccc(F)cc1. The summed E-state index contributed by atoms with van der Waals surface area (Å²) in [5.74, 6) is -0.844. The van der Waals surface area contributed by atoms with E-state index >= 15 is 0 Å². The molecule has 2 amide bonds. The van der Waals surface area contributed by atoms with Crippen molar-refractivity contribution in [3.8, 4) is 0 Å². The molecule has 9 heteroatoms. The van der Waals surface area contributed by atoms with E-state index in [4.69, 9.17) is 0 Å². The highest BCUT2D eigenvalue weighted by atomic mass is 32.2. The van der Waals surface area contributed by atoms with Gasteiger partial charge in [0.05, 0.1) is 11.9 Å². The van der Waals surface area contributed by atoms with Crippen LogP contribution in [-0.2, 0) is 19.6 Å². The van der Waals surface area contributed by atoms with E-state index in [1.807, 2.05) is 0 Å². The predicted octanol–water partition coefficient (Wildman–Crippen LogP) is -0.108. The average molecular weight is 343 g/mol. The number of hydrogen-bond acceptors (Lipinski definition) is 4. The molecule has 0 saturated carbocycles. The van der Waals surface area contributed by atoms with Gasteiger partial charge >= 0.3 is 0 Å². The van der Waals surface area contributed by atoms with Gasteiger partial charge in [-0.05, 0) is 24.3 Å². The van der Waals surface area contributed by atoms with Crippen LogP contribution in [0.5, 0.6) is 0 Å². The summed E-state index contributed by atoms with van der Waals surface area (Å²) in [5.41, 5.74) is 0.230. The highest BCUT2D eigenvalue weighted by Gasteiger charge is 2.26. The van der Waals surface area contributed by atoms with Crippen LogP contribution in [0.2, 0.25) is 0 Å². The van der Waals surface area contributed by atoms with Crippen LogP contribution in [0.25, 0.3) is 0 Å². The largest absolute Gasteiger partial charge is 0.342 e. The quantitative estimate of drug-likeness (QED) is 0.699. The molecule has 23 heavy (non-hydrogen) atoms. The molecule has 1 heterocycles. The fourth-order valence-electron chi connectivity index (χ4n) is 2.31. The third kappa shape index (κ3) is 4.41. The van der Waals surface area contributed by atoms with Gasteiger partial charge in [0.15, 0.2) is 0 Å². The zero-order chi connectivity index (χ0) is 17.0. The van der Waals surface area contributed by atoms with Crippen LogP contribution in [-0.4, -0.2) is 69.5 Å². The molecule has 1 aromatic carbocycles. The fourth-order valence-corrected chi connectivity index (χ4v) is 3.16. The van der Waals surface area contributed by atoms with E-state index in [1.54, 1.807) is 4.90 Å². The Bertz CT molecular complexity index is 670. The van der Waals surface area contributed by atoms with Crippen molar-refractivity contribution in [1.29, 1.82) is 0 Å². The van der Waals surface area contributed by atoms with Crippen LogP contribution in [0.4, 0.5) is 10.1 Å². The van der Waals surface area contributed by atoms with Crippen LogP contribution in [0.15, 0.2) is 24.3 Å². The standard InChI is InChI=1S/C14H18FN3O4S/c1-23(21,22)18(13-4-2-12(15)3-5-13)10-14(20)17-8-6-16(11-19)7-9-17/h2-5,11H,6-10H2,1H3. The first-order valence-electron chi connectivity index (χ1n) is 7.01. The first-order valence-corrected chi connectivity index (χ1v) is 8.86. The number of hydrogen-bond donors (Lipinski definition) is 0. The summed E-state index contributed by atoms with van der Waals surface area (Å²) in [5, 5.41) is 0. The molecule has 0 unspecified atom stereocenters. The molecule has 0 radical (unpaired) electrons. The van der Waals surface area contributed by atoms with Gasteiger partial charge in [0.1, 0.15) is 12.4 Å². The number of anilines is 1. The Labute approximate surface area is 134 Å². The predicted molar refractivity (Wildman–Crippen MR) is 82.8 cm³/mol. The molecule has 0 aliphatic carbocycles. The summed E-state index contributed by atoms with van der Waals surface area (Å²) in [4.78, 5) is 26.1. The first-order chi connectivity index (χ1) is 10.8. The van der Waals surface area contributed by atoms with Gasteiger partial charge in [-0.3, -0.25) is 13.9 Å². The van der Waals surface area contributed by atoms with Crippen LogP contribution >= 0.6 is 0 Å². The lowest BCUT2D eigenvalue weighted by molar-refractivity contribution is -0.133. The molecule has 0 spiro atoms. The summed E-state index contributed by atoms with van der Waals surface area (Å²) < 4.78 is 37.8. The molecule has 1 fully saturated rings. The van der Waals surface area contributed by atoms with E-state index in [0.29, 0.717) is 26.2 Å². The number of benzene rings is 1. The Morgan fingerprint density at radius 3 is 2.26 bits per heavy atom. The Morgan fingerprint density at radius 2 is 1.78 bits per heavy atom. The van der Waals surface area contributed by atoms with Crippen LogP contribution < -0.4 is 4.31 Å². The number of halogens is 1. The number of amides is 2. The highest BCUT2D eigenvalue weighted by molar-refractivity contribution is 7.92. The maximum Gasteiger partial charge on any atom is 0.243 e. The minimum Gasteiger partial charge on any atom is -0.342 e. The van der Waals surface area contributed by atoms with Crippen molar-refractivity contribution in [2.75, 3.05) is 43.3 Å². The molecular weight excluding hydrogens is 325 g/mol. The topological polar surface area (TPSA) is 78.0 Å². The first kappa shape index (κ1) is 17.2. The van der Waals surface area contributed by atoms with Gasteiger partial charge in [0.2, 0.25) is 22.3 Å². The zero-order valence-corrected chi connectivity index (χ0v) is 13.5. The molecule has 1 saturated heterocycles. The lowest BCUT2D eigenvalue weighted by atomic mass is 10.3. The zero-order valence-electron chi connectivity index (χ0n) is 12.7. The minimum absolute atomic E-state index is 0.230. The number of rotatable bonds is 5. The van der Waals surface area contributed by atoms with E-state index in [-0.39, 0.29) is 18.1 Å². The van der Waals surface area contributed by atoms with Crippen molar-refractivity contribution in [1.82, 2.24) is 9.80 Å². The average Bonchev–Trinajstić information content (AvgIpc) is 2.52. The van der Waals surface area contributed by atoms with E-state index in [0.717, 1.165) is 29.1 Å². The Morgan fingerprint density at radius 1 is 1.22 bits per heavy atom. The maximum atomic E-state index is 13.0. The van der Waals surface area contributed by atoms with Gasteiger partial charge < -0.3 is 9.80 Å². The second kappa shape index (κ2) is 6.95. The van der Waals surface area contributed by atoms with Crippen LogP contribution in [0.3, 0.4) is 0 Å². The molecule has 0 N–H and O–H groups in total. The van der Waals surface area contributed by atoms with Crippen molar-refractivity contribution < 1.29 is 22.4 Å². The Kier molecular flexibility index (Phi) is 5.19. The van der Waals surface area contributed by atoms with Crippen molar-refractivity contribution in [2.45, 2.75) is 0 Å². The lowest BCUT2D eigenvalue weighted by Gasteiger charge is -2.34. The molecule has 1 aliphatic heterocycles. The number of piperazine rings is 1. The molecule has 2 rings (SSSR count). The molecule has 0 bridgehead atoms. The van der Waals surface area contributed by atoms with E-state index < -0.39 is 15.8 Å². The number of sulfonamides is 1. The molecule has 1 aliphatic rings. The molecule has 7 nitrogen and oxygen atoms in total. The summed E-state index contributed by atoms with van der Waals surface area (Å²) in [6.45, 7) is 1.21. The van der Waals surface area contributed by atoms with Gasteiger partial charge in [0.25, 0.3) is 0 Å². The van der Waals surface area contributed by atoms with Crippen molar-refractivity contribution >= 4 is 28.0 Å². The molecule has 0 aromatic heterocycles. The van der Waals surface area contributed by atoms with Gasteiger partial charge in [-0.2, -0.15) is 0 Å². The number of carbonyl (C=O) groups is 2. The van der Waals surface area contributed by atoms with Crippen LogP contribution in [0, 0.1) is 5.82 Å². The van der Waals surface area contributed by atoms with Crippen molar-refractivity contribution in [3.05, 3.63) is 30.1 Å². The lowest BCUT2D eigenvalue weighted by Crippen LogP contribution is -2.51. The van der Waals surface area contributed by atoms with Gasteiger partial charge in [-0.15, -0.1) is 0 Å². The third-order valence-corrected chi connectivity index (χ3v) is 4.75. The summed E-state index contributed by atoms with van der Waals surface area (Å²) in [6.07, 6.45) is 1.72. The van der Waals surface area contributed by atoms with Gasteiger partial charge in [0, 0.05) is 26.2 Å². The second-order valence-corrected chi connectivity index (χ2v) is 7.18. The highest BCUT2D eigenvalue weighted by Crippen LogP contribution is 2.18. The normalized spacial score (nSPS) is 15.4. The fraction of sp³-hybridized carbons (Fsp3) is 0.429. The number of nitrogens with zero attached hydrogens (tertiary/aromatic N) is 3. The second-order valence-electron chi connectivity index (χ2n) is 5.27. The summed E-state index contributed by atoms with van der Waals surface area (Å²) >= 11 is 0. The Balaban J connectivity index is 2.11. The summed E-state index contributed by atoms with van der Waals surface area (Å²) in [7, 11) is -3.68. The molecule has 126 valence electrons. The Hall–Kier alpha value is -2.16. The van der Waals surface area contributed by atoms with Crippen LogP contribution in [0.1, 0.15) is 0 Å². The van der Waals surface area contributed by atoms with Crippen molar-refractivity contribution in [2.24, 2.45) is 0 Å². The third-order valence-electron chi connectivity index (χ3n) is 3.61. The minimum atomic E-state index is -3.68. The van der Waals surface area contributed by atoms with Gasteiger partial charge in [-0.25, -0.2) is 12.8 Å². The monoisotopic (exact) mass is 343 g/mol.